The summed E-state index contributed by atoms with van der Waals surface area (Å²) in [5.74, 6) is 0.513. The molecule has 5 nitrogen and oxygen atoms in total. The van der Waals surface area contributed by atoms with Gasteiger partial charge in [-0.05, 0) is 26.2 Å². The highest BCUT2D eigenvalue weighted by atomic mass is 32.2. The summed E-state index contributed by atoms with van der Waals surface area (Å²) in [7, 11) is -2.81. The summed E-state index contributed by atoms with van der Waals surface area (Å²) in [6.07, 6.45) is 3.08. The lowest BCUT2D eigenvalue weighted by Gasteiger charge is -2.30. The van der Waals surface area contributed by atoms with Crippen molar-refractivity contribution in [2.45, 2.75) is 37.8 Å². The summed E-state index contributed by atoms with van der Waals surface area (Å²) in [6.45, 7) is 3.94. The van der Waals surface area contributed by atoms with Crippen LogP contribution in [0.4, 0.5) is 0 Å². The van der Waals surface area contributed by atoms with E-state index in [1.54, 1.807) is 0 Å². The lowest BCUT2D eigenvalue weighted by molar-refractivity contribution is 0.260. The molecule has 1 saturated heterocycles. The van der Waals surface area contributed by atoms with Crippen LogP contribution in [-0.2, 0) is 9.84 Å². The molecule has 1 N–H and O–H groups in total. The molecule has 0 aromatic rings. The van der Waals surface area contributed by atoms with Crippen LogP contribution in [0.2, 0.25) is 0 Å². The molecule has 18 heavy (non-hydrogen) atoms. The van der Waals surface area contributed by atoms with Crippen molar-refractivity contribution in [3.05, 3.63) is 0 Å². The van der Waals surface area contributed by atoms with E-state index in [4.69, 9.17) is 0 Å². The lowest BCUT2D eigenvalue weighted by Crippen LogP contribution is -2.47. The van der Waals surface area contributed by atoms with Crippen LogP contribution in [0, 0.1) is 11.3 Å². The molecule has 1 aliphatic carbocycles. The first-order valence-corrected chi connectivity index (χ1v) is 8.36. The molecule has 1 unspecified atom stereocenters. The molecule has 0 aromatic carbocycles. The molecule has 6 heteroatoms. The minimum absolute atomic E-state index is 0.256. The van der Waals surface area contributed by atoms with Crippen LogP contribution < -0.4 is 5.32 Å². The first-order valence-electron chi connectivity index (χ1n) is 6.54. The molecule has 0 amide bonds. The van der Waals surface area contributed by atoms with Gasteiger partial charge in [0.2, 0.25) is 0 Å². The van der Waals surface area contributed by atoms with E-state index in [2.05, 4.69) is 16.3 Å². The van der Waals surface area contributed by atoms with E-state index in [1.807, 2.05) is 6.92 Å². The molecule has 1 heterocycles. The Labute approximate surface area is 109 Å². The molecule has 1 aliphatic heterocycles. The van der Waals surface area contributed by atoms with Gasteiger partial charge in [0.15, 0.2) is 9.84 Å². The Morgan fingerprint density at radius 2 is 2.00 bits per heavy atom. The number of hydrogen-bond acceptors (Lipinski definition) is 5. The van der Waals surface area contributed by atoms with Gasteiger partial charge < -0.3 is 4.90 Å². The minimum atomic E-state index is -2.81. The fourth-order valence-corrected chi connectivity index (χ4v) is 3.47. The van der Waals surface area contributed by atoms with E-state index in [-0.39, 0.29) is 11.5 Å². The summed E-state index contributed by atoms with van der Waals surface area (Å²) in [6, 6.07) is 2.86. The standard InChI is InChI=1S/C12H21N3O2S/c1-12(10-13,14-11-2-3-11)4-5-15-6-8-18(16,17)9-7-15/h11,14H,2-9H2,1H3. The fourth-order valence-electron chi connectivity index (χ4n) is 2.19. The van der Waals surface area contributed by atoms with Crippen molar-refractivity contribution in [2.24, 2.45) is 0 Å². The largest absolute Gasteiger partial charge is 0.301 e. The van der Waals surface area contributed by atoms with E-state index < -0.39 is 15.4 Å². The predicted octanol–water partition coefficient (Wildman–Crippen LogP) is 0.141. The van der Waals surface area contributed by atoms with Crippen LogP contribution in [0.25, 0.3) is 0 Å². The second-order valence-corrected chi connectivity index (χ2v) is 7.91. The molecule has 0 bridgehead atoms. The maximum absolute atomic E-state index is 11.3. The smallest absolute Gasteiger partial charge is 0.152 e. The topological polar surface area (TPSA) is 73.2 Å². The lowest BCUT2D eigenvalue weighted by atomic mass is 9.99. The van der Waals surface area contributed by atoms with Gasteiger partial charge in [-0.3, -0.25) is 5.32 Å². The summed E-state index contributed by atoms with van der Waals surface area (Å²) in [5, 5.41) is 12.6. The summed E-state index contributed by atoms with van der Waals surface area (Å²) < 4.78 is 22.6. The third-order valence-electron chi connectivity index (χ3n) is 3.71. The van der Waals surface area contributed by atoms with Gasteiger partial charge >= 0.3 is 0 Å². The highest BCUT2D eigenvalue weighted by Gasteiger charge is 2.33. The zero-order chi connectivity index (χ0) is 13.2. The zero-order valence-electron chi connectivity index (χ0n) is 10.9. The van der Waals surface area contributed by atoms with Gasteiger partial charge in [0, 0.05) is 25.7 Å². The molecule has 1 atom stereocenters. The predicted molar refractivity (Wildman–Crippen MR) is 69.9 cm³/mol. The van der Waals surface area contributed by atoms with E-state index in [1.165, 1.54) is 12.8 Å². The fraction of sp³-hybridized carbons (Fsp3) is 0.917. The molecule has 2 rings (SSSR count). The Bertz CT molecular complexity index is 425. The number of nitrogens with zero attached hydrogens (tertiary/aromatic N) is 2. The monoisotopic (exact) mass is 271 g/mol. The summed E-state index contributed by atoms with van der Waals surface area (Å²) in [5.41, 5.74) is -0.475. The molecular formula is C12H21N3O2S. The Balaban J connectivity index is 1.78. The molecular weight excluding hydrogens is 250 g/mol. The zero-order valence-corrected chi connectivity index (χ0v) is 11.7. The number of hydrogen-bond donors (Lipinski definition) is 1. The number of nitrogens with one attached hydrogen (secondary N) is 1. The molecule has 1 saturated carbocycles. The average Bonchev–Trinajstić information content (AvgIpc) is 3.11. The van der Waals surface area contributed by atoms with E-state index in [0.717, 1.165) is 13.0 Å². The van der Waals surface area contributed by atoms with Gasteiger partial charge in [0.25, 0.3) is 0 Å². The highest BCUT2D eigenvalue weighted by Crippen LogP contribution is 2.24. The average molecular weight is 271 g/mol. The maximum Gasteiger partial charge on any atom is 0.152 e. The number of sulfone groups is 1. The first-order chi connectivity index (χ1) is 8.42. The number of rotatable bonds is 5. The maximum atomic E-state index is 11.3. The highest BCUT2D eigenvalue weighted by molar-refractivity contribution is 7.91. The molecule has 102 valence electrons. The Hall–Kier alpha value is -0.640. The van der Waals surface area contributed by atoms with Gasteiger partial charge in [0.1, 0.15) is 5.54 Å². The van der Waals surface area contributed by atoms with E-state index >= 15 is 0 Å². The molecule has 0 radical (unpaired) electrons. The van der Waals surface area contributed by atoms with Crippen LogP contribution in [0.3, 0.4) is 0 Å². The second-order valence-electron chi connectivity index (χ2n) is 5.61. The van der Waals surface area contributed by atoms with Crippen LogP contribution in [0.1, 0.15) is 26.2 Å². The number of nitriles is 1. The third-order valence-corrected chi connectivity index (χ3v) is 5.32. The SMILES string of the molecule is CC(C#N)(CCN1CCS(=O)(=O)CC1)NC1CC1. The first kappa shape index (κ1) is 13.8. The Morgan fingerprint density at radius 3 is 2.50 bits per heavy atom. The van der Waals surface area contributed by atoms with Gasteiger partial charge in [-0.2, -0.15) is 5.26 Å². The van der Waals surface area contributed by atoms with Crippen LogP contribution in [-0.4, -0.2) is 56.0 Å². The van der Waals surface area contributed by atoms with Crippen LogP contribution in [0.15, 0.2) is 0 Å². The second kappa shape index (κ2) is 5.16. The van der Waals surface area contributed by atoms with Crippen molar-refractivity contribution in [3.63, 3.8) is 0 Å². The molecule has 0 aromatic heterocycles. The quantitative estimate of drug-likeness (QED) is 0.770. The normalized spacial score (nSPS) is 27.3. The molecule has 2 fully saturated rings. The Kier molecular flexibility index (Phi) is 3.95. The van der Waals surface area contributed by atoms with Gasteiger partial charge in [-0.25, -0.2) is 8.42 Å². The summed E-state index contributed by atoms with van der Waals surface area (Å²) >= 11 is 0. The van der Waals surface area contributed by atoms with Crippen molar-refractivity contribution >= 4 is 9.84 Å². The van der Waals surface area contributed by atoms with Crippen LogP contribution >= 0.6 is 0 Å². The van der Waals surface area contributed by atoms with Gasteiger partial charge in [0.05, 0.1) is 17.6 Å². The molecule has 2 aliphatic rings. The molecule has 0 spiro atoms. The Morgan fingerprint density at radius 1 is 1.39 bits per heavy atom. The minimum Gasteiger partial charge on any atom is -0.301 e. The van der Waals surface area contributed by atoms with Crippen molar-refractivity contribution in [2.75, 3.05) is 31.1 Å². The van der Waals surface area contributed by atoms with Gasteiger partial charge in [-0.15, -0.1) is 0 Å². The van der Waals surface area contributed by atoms with Crippen molar-refractivity contribution in [3.8, 4) is 6.07 Å². The third kappa shape index (κ3) is 3.94. The van der Waals surface area contributed by atoms with Crippen LogP contribution in [0.5, 0.6) is 0 Å². The van der Waals surface area contributed by atoms with Crippen molar-refractivity contribution in [1.82, 2.24) is 10.2 Å². The summed E-state index contributed by atoms with van der Waals surface area (Å²) in [4.78, 5) is 2.14. The van der Waals surface area contributed by atoms with E-state index in [0.29, 0.717) is 19.1 Å². The van der Waals surface area contributed by atoms with Gasteiger partial charge in [-0.1, -0.05) is 0 Å². The van der Waals surface area contributed by atoms with Crippen molar-refractivity contribution in [1.29, 1.82) is 5.26 Å². The van der Waals surface area contributed by atoms with E-state index in [9.17, 15) is 13.7 Å². The van der Waals surface area contributed by atoms with Crippen molar-refractivity contribution < 1.29 is 8.42 Å².